The van der Waals surface area contributed by atoms with E-state index in [-0.39, 0.29) is 5.91 Å². The molecule has 0 aliphatic heterocycles. The van der Waals surface area contributed by atoms with Crippen molar-refractivity contribution in [3.05, 3.63) is 87.2 Å². The van der Waals surface area contributed by atoms with Crippen molar-refractivity contribution >= 4 is 47.1 Å². The molecule has 0 spiro atoms. The lowest BCUT2D eigenvalue weighted by Gasteiger charge is -2.09. The van der Waals surface area contributed by atoms with Crippen molar-refractivity contribution < 1.29 is 4.79 Å². The zero-order chi connectivity index (χ0) is 20.8. The Balaban J connectivity index is 1.56. The molecule has 7 heteroatoms. The van der Waals surface area contributed by atoms with Gasteiger partial charge < -0.3 is 4.57 Å². The highest BCUT2D eigenvalue weighted by atomic mass is 35.5. The molecule has 1 amide bonds. The number of benzene rings is 2. The molecule has 0 fully saturated rings. The van der Waals surface area contributed by atoms with Crippen molar-refractivity contribution in [2.45, 2.75) is 19.6 Å². The van der Waals surface area contributed by atoms with Gasteiger partial charge in [-0.1, -0.05) is 41.4 Å². The van der Waals surface area contributed by atoms with Gasteiger partial charge in [0.1, 0.15) is 0 Å². The Hall–Kier alpha value is -2.21. The third kappa shape index (κ3) is 5.89. The topological polar surface area (TPSA) is 46.4 Å². The van der Waals surface area contributed by atoms with Crippen LogP contribution in [-0.4, -0.2) is 22.4 Å². The number of aromatic nitrogens is 1. The van der Waals surface area contributed by atoms with Gasteiger partial charge in [-0.2, -0.15) is 5.10 Å². The van der Waals surface area contributed by atoms with E-state index in [0.717, 1.165) is 34.0 Å². The van der Waals surface area contributed by atoms with Gasteiger partial charge in [0.05, 0.1) is 12.0 Å². The molecular weight excluding hydrogens is 425 g/mol. The fraction of sp³-hybridized carbons (Fsp3) is 0.182. The highest BCUT2D eigenvalue weighted by Crippen LogP contribution is 2.22. The average molecular weight is 446 g/mol. The summed E-state index contributed by atoms with van der Waals surface area (Å²) >= 11 is 13.6. The van der Waals surface area contributed by atoms with E-state index in [1.54, 1.807) is 6.21 Å². The molecule has 0 radical (unpaired) electrons. The second-order valence-electron chi connectivity index (χ2n) is 6.56. The molecule has 1 N–H and O–H groups in total. The normalized spacial score (nSPS) is 11.2. The summed E-state index contributed by atoms with van der Waals surface area (Å²) in [5.41, 5.74) is 7.70. The largest absolute Gasteiger partial charge is 0.318 e. The van der Waals surface area contributed by atoms with Gasteiger partial charge in [0, 0.05) is 38.4 Å². The summed E-state index contributed by atoms with van der Waals surface area (Å²) in [6, 6.07) is 17.4. The number of hydrogen-bond acceptors (Lipinski definition) is 3. The smallest absolute Gasteiger partial charge is 0.250 e. The third-order valence-electron chi connectivity index (χ3n) is 4.32. The molecule has 1 heterocycles. The van der Waals surface area contributed by atoms with Gasteiger partial charge in [-0.3, -0.25) is 4.79 Å². The first-order valence-electron chi connectivity index (χ1n) is 9.03. The van der Waals surface area contributed by atoms with Gasteiger partial charge in [-0.25, -0.2) is 5.43 Å². The molecule has 29 heavy (non-hydrogen) atoms. The molecular formula is C22H21Cl2N3OS. The maximum absolute atomic E-state index is 12.0. The Kier molecular flexibility index (Phi) is 7.42. The number of carbonyl (C=O) groups excluding carboxylic acids is 1. The number of nitrogens with zero attached hydrogens (tertiary/aromatic N) is 2. The van der Waals surface area contributed by atoms with Crippen LogP contribution in [0.4, 0.5) is 0 Å². The molecule has 0 saturated carbocycles. The van der Waals surface area contributed by atoms with Crippen LogP contribution in [0.2, 0.25) is 10.0 Å². The number of hydrogen-bond donors (Lipinski definition) is 1. The predicted octanol–water partition coefficient (Wildman–Crippen LogP) is 5.78. The first-order valence-corrected chi connectivity index (χ1v) is 10.9. The lowest BCUT2D eigenvalue weighted by molar-refractivity contribution is -0.118. The van der Waals surface area contributed by atoms with Crippen molar-refractivity contribution in [2.24, 2.45) is 5.10 Å². The van der Waals surface area contributed by atoms with Crippen molar-refractivity contribution in [3.8, 4) is 5.69 Å². The van der Waals surface area contributed by atoms with Crippen LogP contribution in [0.25, 0.3) is 5.69 Å². The molecule has 0 unspecified atom stereocenters. The standard InChI is InChI=1S/C22H21Cl2N3OS/c1-15-9-18(16(2)27(15)21-8-4-7-20(24)11-21)12-25-26-22(28)14-29-13-17-5-3-6-19(23)10-17/h3-12H,13-14H2,1-2H3,(H,26,28)/b25-12-. The van der Waals surface area contributed by atoms with Gasteiger partial charge in [-0.05, 0) is 55.8 Å². The first-order chi connectivity index (χ1) is 13.9. The Morgan fingerprint density at radius 3 is 2.55 bits per heavy atom. The van der Waals surface area contributed by atoms with E-state index >= 15 is 0 Å². The monoisotopic (exact) mass is 445 g/mol. The van der Waals surface area contributed by atoms with Crippen LogP contribution in [0, 0.1) is 13.8 Å². The van der Waals surface area contributed by atoms with E-state index in [4.69, 9.17) is 23.2 Å². The summed E-state index contributed by atoms with van der Waals surface area (Å²) in [5, 5.41) is 5.50. The van der Waals surface area contributed by atoms with Crippen LogP contribution < -0.4 is 5.43 Å². The van der Waals surface area contributed by atoms with Crippen molar-refractivity contribution in [1.82, 2.24) is 9.99 Å². The van der Waals surface area contributed by atoms with Crippen molar-refractivity contribution in [2.75, 3.05) is 5.75 Å². The fourth-order valence-corrected chi connectivity index (χ4v) is 4.19. The van der Waals surface area contributed by atoms with E-state index in [0.29, 0.717) is 15.8 Å². The van der Waals surface area contributed by atoms with E-state index in [1.807, 2.05) is 68.4 Å². The van der Waals surface area contributed by atoms with Crippen LogP contribution in [0.3, 0.4) is 0 Å². The number of thioether (sulfide) groups is 1. The van der Waals surface area contributed by atoms with Crippen LogP contribution in [0.1, 0.15) is 22.5 Å². The predicted molar refractivity (Wildman–Crippen MR) is 124 cm³/mol. The zero-order valence-corrected chi connectivity index (χ0v) is 18.5. The molecule has 0 bridgehead atoms. The van der Waals surface area contributed by atoms with Gasteiger partial charge in [0.25, 0.3) is 0 Å². The van der Waals surface area contributed by atoms with Gasteiger partial charge in [0.15, 0.2) is 0 Å². The molecule has 1 aromatic heterocycles. The van der Waals surface area contributed by atoms with E-state index in [9.17, 15) is 4.79 Å². The second-order valence-corrected chi connectivity index (χ2v) is 8.42. The quantitative estimate of drug-likeness (QED) is 0.369. The molecule has 2 aromatic carbocycles. The highest BCUT2D eigenvalue weighted by molar-refractivity contribution is 7.99. The minimum atomic E-state index is -0.142. The summed E-state index contributed by atoms with van der Waals surface area (Å²) in [6.45, 7) is 4.04. The van der Waals surface area contributed by atoms with Crippen LogP contribution in [0.15, 0.2) is 59.7 Å². The fourth-order valence-electron chi connectivity index (χ4n) is 3.03. The Morgan fingerprint density at radius 1 is 1.10 bits per heavy atom. The number of rotatable bonds is 7. The van der Waals surface area contributed by atoms with E-state index in [2.05, 4.69) is 15.1 Å². The molecule has 0 aliphatic carbocycles. The summed E-state index contributed by atoms with van der Waals surface area (Å²) < 4.78 is 2.11. The molecule has 0 saturated heterocycles. The molecule has 3 aromatic rings. The number of halogens is 2. The van der Waals surface area contributed by atoms with Gasteiger partial charge >= 0.3 is 0 Å². The summed E-state index contributed by atoms with van der Waals surface area (Å²) in [7, 11) is 0. The van der Waals surface area contributed by atoms with E-state index in [1.165, 1.54) is 11.8 Å². The SMILES string of the molecule is Cc1cc(/C=N\NC(=O)CSCc2cccc(Cl)c2)c(C)n1-c1cccc(Cl)c1. The Labute approximate surface area is 184 Å². The minimum Gasteiger partial charge on any atom is -0.318 e. The minimum absolute atomic E-state index is 0.142. The number of amides is 1. The van der Waals surface area contributed by atoms with Crippen LogP contribution in [-0.2, 0) is 10.5 Å². The van der Waals surface area contributed by atoms with Crippen molar-refractivity contribution in [3.63, 3.8) is 0 Å². The zero-order valence-electron chi connectivity index (χ0n) is 16.2. The number of aryl methyl sites for hydroxylation is 1. The molecule has 3 rings (SSSR count). The molecule has 0 aliphatic rings. The maximum atomic E-state index is 12.0. The number of nitrogens with one attached hydrogen (secondary N) is 1. The third-order valence-corrected chi connectivity index (χ3v) is 5.79. The number of carbonyl (C=O) groups is 1. The van der Waals surface area contributed by atoms with Crippen LogP contribution in [0.5, 0.6) is 0 Å². The molecule has 4 nitrogen and oxygen atoms in total. The lowest BCUT2D eigenvalue weighted by Crippen LogP contribution is -2.19. The molecule has 150 valence electrons. The highest BCUT2D eigenvalue weighted by Gasteiger charge is 2.10. The van der Waals surface area contributed by atoms with Gasteiger partial charge in [-0.15, -0.1) is 11.8 Å². The summed E-state index contributed by atoms with van der Waals surface area (Å²) in [6.07, 6.45) is 1.67. The van der Waals surface area contributed by atoms with E-state index < -0.39 is 0 Å². The second kappa shape index (κ2) is 10.0. The summed E-state index contributed by atoms with van der Waals surface area (Å²) in [5.74, 6) is 0.904. The molecule has 0 atom stereocenters. The average Bonchev–Trinajstić information content (AvgIpc) is 2.95. The lowest BCUT2D eigenvalue weighted by atomic mass is 10.2. The summed E-state index contributed by atoms with van der Waals surface area (Å²) in [4.78, 5) is 12.0. The van der Waals surface area contributed by atoms with Crippen LogP contribution >= 0.6 is 35.0 Å². The maximum Gasteiger partial charge on any atom is 0.250 e. The Bertz CT molecular complexity index is 1050. The first kappa shape index (κ1) is 21.5. The van der Waals surface area contributed by atoms with Gasteiger partial charge in [0.2, 0.25) is 5.91 Å². The van der Waals surface area contributed by atoms with Crippen molar-refractivity contribution in [1.29, 1.82) is 0 Å². The Morgan fingerprint density at radius 2 is 1.83 bits per heavy atom. The number of hydrazone groups is 1.